The molecule has 1 atom stereocenters. The number of halogens is 2. The van der Waals surface area contributed by atoms with Crippen molar-refractivity contribution in [2.75, 3.05) is 13.1 Å². The number of amides is 1. The van der Waals surface area contributed by atoms with E-state index in [2.05, 4.69) is 24.5 Å². The van der Waals surface area contributed by atoms with Crippen molar-refractivity contribution in [3.8, 4) is 0 Å². The van der Waals surface area contributed by atoms with Crippen molar-refractivity contribution in [1.82, 2.24) is 10.6 Å². The first kappa shape index (κ1) is 18.3. The number of benzene rings is 1. The van der Waals surface area contributed by atoms with Gasteiger partial charge in [0.25, 0.3) is 0 Å². The normalized spacial score (nSPS) is 20.4. The van der Waals surface area contributed by atoms with Crippen LogP contribution in [0.1, 0.15) is 32.3 Å². The van der Waals surface area contributed by atoms with Crippen LogP contribution >= 0.6 is 24.0 Å². The molecule has 2 rings (SSSR count). The lowest BCUT2D eigenvalue weighted by Crippen LogP contribution is -2.52. The third-order valence-electron chi connectivity index (χ3n) is 4.11. The van der Waals surface area contributed by atoms with Gasteiger partial charge in [0.1, 0.15) is 0 Å². The second-order valence-electron chi connectivity index (χ2n) is 6.21. The van der Waals surface area contributed by atoms with Crippen molar-refractivity contribution >= 4 is 29.9 Å². The fraction of sp³-hybridized carbons (Fsp3) is 0.562. The Bertz CT molecular complexity index is 460. The molecule has 0 saturated carbocycles. The first-order chi connectivity index (χ1) is 9.47. The zero-order valence-corrected chi connectivity index (χ0v) is 14.2. The molecule has 0 bridgehead atoms. The van der Waals surface area contributed by atoms with Crippen LogP contribution in [0.3, 0.4) is 0 Å². The number of hydrogen-bond acceptors (Lipinski definition) is 2. The van der Waals surface area contributed by atoms with E-state index >= 15 is 0 Å². The van der Waals surface area contributed by atoms with Crippen molar-refractivity contribution in [1.29, 1.82) is 0 Å². The summed E-state index contributed by atoms with van der Waals surface area (Å²) in [5.74, 6) is 0.0653. The molecule has 0 spiro atoms. The maximum atomic E-state index is 12.0. The second-order valence-corrected chi connectivity index (χ2v) is 6.64. The van der Waals surface area contributed by atoms with Crippen molar-refractivity contribution < 1.29 is 4.79 Å². The van der Waals surface area contributed by atoms with Crippen LogP contribution < -0.4 is 10.6 Å². The van der Waals surface area contributed by atoms with Gasteiger partial charge in [0, 0.05) is 17.6 Å². The standard InChI is InChI=1S/C16H23ClN2O.ClH/c1-16(2)8-3-9-18-14(16)11-19-15(20)10-12-4-6-13(17)7-5-12;/h4-7,14,18H,3,8-11H2,1-2H3,(H,19,20);1H. The molecule has 0 radical (unpaired) electrons. The third-order valence-corrected chi connectivity index (χ3v) is 4.37. The molecule has 1 amide bonds. The van der Waals surface area contributed by atoms with Gasteiger partial charge in [-0.05, 0) is 42.5 Å². The Morgan fingerprint density at radius 1 is 1.38 bits per heavy atom. The lowest BCUT2D eigenvalue weighted by Gasteiger charge is -2.39. The number of piperidine rings is 1. The van der Waals surface area contributed by atoms with Gasteiger partial charge in [-0.15, -0.1) is 12.4 Å². The molecular formula is C16H24Cl2N2O. The summed E-state index contributed by atoms with van der Waals surface area (Å²) in [5, 5.41) is 7.24. The van der Waals surface area contributed by atoms with E-state index in [0.717, 1.165) is 12.1 Å². The summed E-state index contributed by atoms with van der Waals surface area (Å²) in [4.78, 5) is 12.0. The maximum Gasteiger partial charge on any atom is 0.224 e. The number of nitrogens with one attached hydrogen (secondary N) is 2. The maximum absolute atomic E-state index is 12.0. The van der Waals surface area contributed by atoms with Crippen LogP contribution in [-0.2, 0) is 11.2 Å². The van der Waals surface area contributed by atoms with Crippen molar-refractivity contribution in [3.05, 3.63) is 34.9 Å². The van der Waals surface area contributed by atoms with E-state index in [1.165, 1.54) is 12.8 Å². The molecule has 0 aromatic heterocycles. The highest BCUT2D eigenvalue weighted by Crippen LogP contribution is 2.29. The monoisotopic (exact) mass is 330 g/mol. The van der Waals surface area contributed by atoms with Crippen LogP contribution in [0.5, 0.6) is 0 Å². The molecule has 1 aromatic rings. The Morgan fingerprint density at radius 2 is 2.05 bits per heavy atom. The van der Waals surface area contributed by atoms with Crippen molar-refractivity contribution in [2.24, 2.45) is 5.41 Å². The minimum absolute atomic E-state index is 0. The molecule has 1 saturated heterocycles. The van der Waals surface area contributed by atoms with Crippen molar-refractivity contribution in [3.63, 3.8) is 0 Å². The molecule has 2 N–H and O–H groups in total. The quantitative estimate of drug-likeness (QED) is 0.890. The van der Waals surface area contributed by atoms with Crippen LogP contribution in [0.4, 0.5) is 0 Å². The van der Waals surface area contributed by atoms with Gasteiger partial charge in [-0.2, -0.15) is 0 Å². The fourth-order valence-corrected chi connectivity index (χ4v) is 2.81. The average molecular weight is 331 g/mol. The SMILES string of the molecule is CC1(C)CCCNC1CNC(=O)Cc1ccc(Cl)cc1.Cl. The number of hydrogen-bond donors (Lipinski definition) is 2. The van der Waals surface area contributed by atoms with Crippen LogP contribution in [0.25, 0.3) is 0 Å². The summed E-state index contributed by atoms with van der Waals surface area (Å²) in [7, 11) is 0. The van der Waals surface area contributed by atoms with Gasteiger partial charge in [-0.25, -0.2) is 0 Å². The molecule has 1 unspecified atom stereocenters. The van der Waals surface area contributed by atoms with Crippen LogP contribution in [0, 0.1) is 5.41 Å². The third kappa shape index (κ3) is 5.50. The molecule has 1 aromatic carbocycles. The molecule has 1 fully saturated rings. The first-order valence-corrected chi connectivity index (χ1v) is 7.60. The predicted octanol–water partition coefficient (Wildman–Crippen LogP) is 3.20. The van der Waals surface area contributed by atoms with Gasteiger partial charge >= 0.3 is 0 Å². The largest absolute Gasteiger partial charge is 0.354 e. The summed E-state index contributed by atoms with van der Waals surface area (Å²) in [6.45, 7) is 6.25. The van der Waals surface area contributed by atoms with Crippen molar-refractivity contribution in [2.45, 2.75) is 39.2 Å². The zero-order valence-electron chi connectivity index (χ0n) is 12.6. The summed E-state index contributed by atoms with van der Waals surface area (Å²) in [6.07, 6.45) is 2.82. The summed E-state index contributed by atoms with van der Waals surface area (Å²) in [6, 6.07) is 7.77. The average Bonchev–Trinajstić information content (AvgIpc) is 2.40. The highest BCUT2D eigenvalue weighted by Gasteiger charge is 2.31. The molecule has 1 aliphatic rings. The van der Waals surface area contributed by atoms with E-state index in [9.17, 15) is 4.79 Å². The van der Waals surface area contributed by atoms with Gasteiger partial charge in [-0.1, -0.05) is 37.6 Å². The van der Waals surface area contributed by atoms with Gasteiger partial charge < -0.3 is 10.6 Å². The summed E-state index contributed by atoms with van der Waals surface area (Å²) >= 11 is 5.83. The smallest absolute Gasteiger partial charge is 0.224 e. The minimum atomic E-state index is 0. The van der Waals surface area contributed by atoms with E-state index in [-0.39, 0.29) is 23.7 Å². The van der Waals surface area contributed by atoms with E-state index in [0.29, 0.717) is 24.0 Å². The Morgan fingerprint density at radius 3 is 2.67 bits per heavy atom. The lowest BCUT2D eigenvalue weighted by molar-refractivity contribution is -0.120. The Balaban J connectivity index is 0.00000220. The molecule has 118 valence electrons. The highest BCUT2D eigenvalue weighted by atomic mass is 35.5. The Hall–Kier alpha value is -0.770. The molecule has 1 heterocycles. The van der Waals surface area contributed by atoms with Crippen LogP contribution in [-0.4, -0.2) is 25.0 Å². The van der Waals surface area contributed by atoms with Crippen LogP contribution in [0.2, 0.25) is 5.02 Å². The Labute approximate surface area is 138 Å². The zero-order chi connectivity index (χ0) is 14.6. The minimum Gasteiger partial charge on any atom is -0.354 e. The topological polar surface area (TPSA) is 41.1 Å². The molecule has 21 heavy (non-hydrogen) atoms. The predicted molar refractivity (Wildman–Crippen MR) is 90.2 cm³/mol. The molecule has 5 heteroatoms. The summed E-state index contributed by atoms with van der Waals surface area (Å²) in [5.41, 5.74) is 1.23. The van der Waals surface area contributed by atoms with Gasteiger partial charge in [0.2, 0.25) is 5.91 Å². The molecule has 1 aliphatic heterocycles. The van der Waals surface area contributed by atoms with Gasteiger partial charge in [0.05, 0.1) is 6.42 Å². The highest BCUT2D eigenvalue weighted by molar-refractivity contribution is 6.30. The van der Waals surface area contributed by atoms with E-state index in [4.69, 9.17) is 11.6 Å². The number of carbonyl (C=O) groups excluding carboxylic acids is 1. The van der Waals surface area contributed by atoms with E-state index in [1.54, 1.807) is 0 Å². The van der Waals surface area contributed by atoms with Gasteiger partial charge in [0.15, 0.2) is 0 Å². The van der Waals surface area contributed by atoms with E-state index in [1.807, 2.05) is 24.3 Å². The second kappa shape index (κ2) is 8.02. The number of rotatable bonds is 4. The molecule has 3 nitrogen and oxygen atoms in total. The summed E-state index contributed by atoms with van der Waals surface area (Å²) < 4.78 is 0. The lowest BCUT2D eigenvalue weighted by atomic mass is 9.77. The molecule has 0 aliphatic carbocycles. The van der Waals surface area contributed by atoms with E-state index < -0.39 is 0 Å². The first-order valence-electron chi connectivity index (χ1n) is 7.22. The fourth-order valence-electron chi connectivity index (χ4n) is 2.69. The number of carbonyl (C=O) groups is 1. The Kier molecular flexibility index (Phi) is 6.98. The van der Waals surface area contributed by atoms with Gasteiger partial charge in [-0.3, -0.25) is 4.79 Å². The molecular weight excluding hydrogens is 307 g/mol. The van der Waals surface area contributed by atoms with Crippen LogP contribution in [0.15, 0.2) is 24.3 Å².